The number of carbonyl (C=O) groups excluding carboxylic acids is 2. The van der Waals surface area contributed by atoms with Crippen molar-refractivity contribution in [2.24, 2.45) is 5.92 Å². The molecule has 1 aromatic carbocycles. The molecule has 0 spiro atoms. The summed E-state index contributed by atoms with van der Waals surface area (Å²) in [5.74, 6) is -0.141. The maximum atomic E-state index is 11.8. The molecule has 0 bridgehead atoms. The van der Waals surface area contributed by atoms with Crippen LogP contribution in [0.4, 0.5) is 5.69 Å². The lowest BCUT2D eigenvalue weighted by Gasteiger charge is -2.11. The van der Waals surface area contributed by atoms with Gasteiger partial charge in [0.25, 0.3) is 0 Å². The van der Waals surface area contributed by atoms with E-state index in [0.29, 0.717) is 12.5 Å². The molecule has 0 aliphatic carbocycles. The van der Waals surface area contributed by atoms with E-state index < -0.39 is 0 Å². The fourth-order valence-electron chi connectivity index (χ4n) is 1.61. The molecule has 2 amide bonds. The van der Waals surface area contributed by atoms with Gasteiger partial charge < -0.3 is 10.6 Å². The summed E-state index contributed by atoms with van der Waals surface area (Å²) in [7, 11) is 0. The molecular weight excluding hydrogens is 240 g/mol. The summed E-state index contributed by atoms with van der Waals surface area (Å²) in [5.41, 5.74) is 2.90. The molecule has 0 atom stereocenters. The first kappa shape index (κ1) is 15.2. The first-order valence-corrected chi connectivity index (χ1v) is 6.53. The van der Waals surface area contributed by atoms with Crippen LogP contribution in [0.25, 0.3) is 0 Å². The van der Waals surface area contributed by atoms with E-state index in [1.807, 2.05) is 45.9 Å². The zero-order valence-electron chi connectivity index (χ0n) is 12.0. The molecule has 0 saturated carbocycles. The van der Waals surface area contributed by atoms with Gasteiger partial charge in [0.05, 0.1) is 0 Å². The Labute approximate surface area is 114 Å². The van der Waals surface area contributed by atoms with E-state index in [9.17, 15) is 9.59 Å². The van der Waals surface area contributed by atoms with Crippen LogP contribution in [0.2, 0.25) is 0 Å². The Kier molecular flexibility index (Phi) is 5.55. The third-order valence-electron chi connectivity index (χ3n) is 2.91. The fourth-order valence-corrected chi connectivity index (χ4v) is 1.61. The number of hydrogen-bond donors (Lipinski definition) is 2. The second-order valence-electron chi connectivity index (χ2n) is 5.17. The molecule has 0 fully saturated rings. The van der Waals surface area contributed by atoms with Gasteiger partial charge in [-0.05, 0) is 37.0 Å². The van der Waals surface area contributed by atoms with Gasteiger partial charge >= 0.3 is 0 Å². The molecule has 4 nitrogen and oxygen atoms in total. The third-order valence-corrected chi connectivity index (χ3v) is 2.91. The van der Waals surface area contributed by atoms with Crippen molar-refractivity contribution < 1.29 is 9.59 Å². The smallest absolute Gasteiger partial charge is 0.233 e. The van der Waals surface area contributed by atoms with Gasteiger partial charge in [0.1, 0.15) is 6.42 Å². The molecule has 4 heteroatoms. The van der Waals surface area contributed by atoms with Crippen molar-refractivity contribution >= 4 is 17.5 Å². The summed E-state index contributed by atoms with van der Waals surface area (Å²) in [6.45, 7) is 8.55. The highest BCUT2D eigenvalue weighted by molar-refractivity contribution is 6.03. The maximum Gasteiger partial charge on any atom is 0.233 e. The zero-order chi connectivity index (χ0) is 14.4. The van der Waals surface area contributed by atoms with Gasteiger partial charge in [0.2, 0.25) is 11.8 Å². The first-order chi connectivity index (χ1) is 8.90. The molecule has 0 aromatic heterocycles. The van der Waals surface area contributed by atoms with Gasteiger partial charge in [-0.25, -0.2) is 0 Å². The normalized spacial score (nSPS) is 10.4. The van der Waals surface area contributed by atoms with E-state index in [4.69, 9.17) is 0 Å². The van der Waals surface area contributed by atoms with Crippen molar-refractivity contribution in [3.63, 3.8) is 0 Å². The molecule has 0 saturated heterocycles. The van der Waals surface area contributed by atoms with Crippen LogP contribution in [0, 0.1) is 19.8 Å². The van der Waals surface area contributed by atoms with Gasteiger partial charge in [-0.1, -0.05) is 26.0 Å². The SMILES string of the molecule is Cc1cccc(NC(=O)CC(=O)NCC(C)C)c1C. The molecule has 104 valence electrons. The van der Waals surface area contributed by atoms with Gasteiger partial charge in [0.15, 0.2) is 0 Å². The fraction of sp³-hybridized carbons (Fsp3) is 0.467. The molecule has 19 heavy (non-hydrogen) atoms. The second-order valence-corrected chi connectivity index (χ2v) is 5.17. The second kappa shape index (κ2) is 6.92. The van der Waals surface area contributed by atoms with E-state index in [-0.39, 0.29) is 18.2 Å². The first-order valence-electron chi connectivity index (χ1n) is 6.53. The van der Waals surface area contributed by atoms with Gasteiger partial charge in [0, 0.05) is 12.2 Å². The lowest BCUT2D eigenvalue weighted by molar-refractivity contribution is -0.126. The Morgan fingerprint density at radius 2 is 1.84 bits per heavy atom. The minimum absolute atomic E-state index is 0.139. The number of anilines is 1. The molecule has 1 rings (SSSR count). The molecule has 0 aliphatic rings. The van der Waals surface area contributed by atoms with E-state index in [1.54, 1.807) is 0 Å². The Morgan fingerprint density at radius 3 is 2.47 bits per heavy atom. The number of hydrogen-bond acceptors (Lipinski definition) is 2. The van der Waals surface area contributed by atoms with Crippen molar-refractivity contribution in [2.45, 2.75) is 34.1 Å². The van der Waals surface area contributed by atoms with Crippen molar-refractivity contribution in [3.05, 3.63) is 29.3 Å². The van der Waals surface area contributed by atoms with Crippen LogP contribution in [0.5, 0.6) is 0 Å². The molecule has 0 unspecified atom stereocenters. The monoisotopic (exact) mass is 262 g/mol. The van der Waals surface area contributed by atoms with E-state index >= 15 is 0 Å². The zero-order valence-corrected chi connectivity index (χ0v) is 12.0. The van der Waals surface area contributed by atoms with Crippen LogP contribution in [-0.2, 0) is 9.59 Å². The van der Waals surface area contributed by atoms with Crippen molar-refractivity contribution in [3.8, 4) is 0 Å². The van der Waals surface area contributed by atoms with Crippen molar-refractivity contribution in [2.75, 3.05) is 11.9 Å². The third kappa shape index (κ3) is 5.12. The number of amides is 2. The average Bonchev–Trinajstić information content (AvgIpc) is 2.32. The number of benzene rings is 1. The Hall–Kier alpha value is -1.84. The number of carbonyl (C=O) groups is 2. The summed E-state index contributed by atoms with van der Waals surface area (Å²) in [6.07, 6.45) is -0.139. The highest BCUT2D eigenvalue weighted by atomic mass is 16.2. The molecule has 0 aliphatic heterocycles. The Balaban J connectivity index is 2.51. The summed E-state index contributed by atoms with van der Waals surface area (Å²) in [6, 6.07) is 5.71. The van der Waals surface area contributed by atoms with Crippen LogP contribution in [0.3, 0.4) is 0 Å². The highest BCUT2D eigenvalue weighted by Gasteiger charge is 2.11. The van der Waals surface area contributed by atoms with Crippen LogP contribution >= 0.6 is 0 Å². The van der Waals surface area contributed by atoms with Crippen molar-refractivity contribution in [1.82, 2.24) is 5.32 Å². The average molecular weight is 262 g/mol. The molecule has 0 radical (unpaired) electrons. The molecule has 1 aromatic rings. The predicted octanol–water partition coefficient (Wildman–Crippen LogP) is 2.40. The summed E-state index contributed by atoms with van der Waals surface area (Å²) in [4.78, 5) is 23.3. The van der Waals surface area contributed by atoms with Crippen LogP contribution < -0.4 is 10.6 Å². The summed E-state index contributed by atoms with van der Waals surface area (Å²) >= 11 is 0. The highest BCUT2D eigenvalue weighted by Crippen LogP contribution is 2.17. The molecular formula is C15H22N2O2. The standard InChI is InChI=1S/C15H22N2O2/c1-10(2)9-16-14(18)8-15(19)17-13-7-5-6-11(3)12(13)4/h5-7,10H,8-9H2,1-4H3,(H,16,18)(H,17,19). The minimum Gasteiger partial charge on any atom is -0.355 e. The lowest BCUT2D eigenvalue weighted by Crippen LogP contribution is -2.30. The summed E-state index contributed by atoms with van der Waals surface area (Å²) in [5, 5.41) is 5.49. The lowest BCUT2D eigenvalue weighted by atomic mass is 10.1. The van der Waals surface area contributed by atoms with E-state index in [1.165, 1.54) is 0 Å². The maximum absolute atomic E-state index is 11.8. The number of nitrogens with one attached hydrogen (secondary N) is 2. The van der Waals surface area contributed by atoms with Gasteiger partial charge in [-0.3, -0.25) is 9.59 Å². The topological polar surface area (TPSA) is 58.2 Å². The van der Waals surface area contributed by atoms with E-state index in [0.717, 1.165) is 16.8 Å². The predicted molar refractivity (Wildman–Crippen MR) is 77.0 cm³/mol. The largest absolute Gasteiger partial charge is 0.355 e. The molecule has 0 heterocycles. The van der Waals surface area contributed by atoms with Gasteiger partial charge in [-0.2, -0.15) is 0 Å². The van der Waals surface area contributed by atoms with E-state index in [2.05, 4.69) is 10.6 Å². The Bertz CT molecular complexity index is 467. The minimum atomic E-state index is -0.282. The molecule has 2 N–H and O–H groups in total. The van der Waals surface area contributed by atoms with Crippen molar-refractivity contribution in [1.29, 1.82) is 0 Å². The Morgan fingerprint density at radius 1 is 1.16 bits per heavy atom. The van der Waals surface area contributed by atoms with Gasteiger partial charge in [-0.15, -0.1) is 0 Å². The number of rotatable bonds is 5. The summed E-state index contributed by atoms with van der Waals surface area (Å²) < 4.78 is 0. The van der Waals surface area contributed by atoms with Crippen LogP contribution in [-0.4, -0.2) is 18.4 Å². The van der Waals surface area contributed by atoms with Crippen LogP contribution in [0.1, 0.15) is 31.4 Å². The number of aryl methyl sites for hydroxylation is 1. The quantitative estimate of drug-likeness (QED) is 0.801. The van der Waals surface area contributed by atoms with Crippen LogP contribution in [0.15, 0.2) is 18.2 Å².